The third kappa shape index (κ3) is 3.15. The topological polar surface area (TPSA) is 50.2 Å². The maximum Gasteiger partial charge on any atom is 0.304 e. The summed E-state index contributed by atoms with van der Waals surface area (Å²) in [7, 11) is 0. The first-order valence-corrected chi connectivity index (χ1v) is 6.75. The number of fused-ring (bicyclic) bond motifs is 1. The molecule has 0 radical (unpaired) electrons. The minimum absolute atomic E-state index is 0.0174. The van der Waals surface area contributed by atoms with Crippen LogP contribution >= 0.6 is 23.4 Å². The Morgan fingerprint density at radius 3 is 3.00 bits per heavy atom. The summed E-state index contributed by atoms with van der Waals surface area (Å²) in [6.45, 7) is 1.90. The van der Waals surface area contributed by atoms with Crippen LogP contribution in [0, 0.1) is 0 Å². The average Bonchev–Trinajstić information content (AvgIpc) is 2.27. The molecule has 2 rings (SSSR count). The zero-order valence-corrected chi connectivity index (χ0v) is 11.3. The lowest BCUT2D eigenvalue weighted by Gasteiger charge is -2.10. The fraction of sp³-hybridized carbons (Fsp3) is 0.231. The standard InChI is InChI=1S/C13H12ClNO2S/c1-8(6-13(16)17)18-12-4-5-15-11-7-9(14)2-3-10(11)12/h2-5,7-8H,6H2,1H3,(H,16,17). The van der Waals surface area contributed by atoms with E-state index in [2.05, 4.69) is 4.98 Å². The lowest BCUT2D eigenvalue weighted by molar-refractivity contribution is -0.136. The molecule has 0 aliphatic rings. The van der Waals surface area contributed by atoms with Gasteiger partial charge in [-0.1, -0.05) is 24.6 Å². The number of rotatable bonds is 4. The highest BCUT2D eigenvalue weighted by Crippen LogP contribution is 2.31. The van der Waals surface area contributed by atoms with Crippen LogP contribution in [0.3, 0.4) is 0 Å². The fourth-order valence-electron chi connectivity index (χ4n) is 1.70. The maximum absolute atomic E-state index is 10.7. The second-order valence-electron chi connectivity index (χ2n) is 4.00. The summed E-state index contributed by atoms with van der Waals surface area (Å²) < 4.78 is 0. The van der Waals surface area contributed by atoms with Crippen molar-refractivity contribution in [1.82, 2.24) is 4.98 Å². The highest BCUT2D eigenvalue weighted by Gasteiger charge is 2.11. The molecule has 1 aromatic heterocycles. The van der Waals surface area contributed by atoms with E-state index in [0.29, 0.717) is 5.02 Å². The molecule has 1 aromatic carbocycles. The normalized spacial score (nSPS) is 12.6. The molecular formula is C13H12ClNO2S. The number of hydrogen-bond donors (Lipinski definition) is 1. The van der Waals surface area contributed by atoms with Crippen LogP contribution < -0.4 is 0 Å². The number of carboxylic acids is 1. The molecule has 3 nitrogen and oxygen atoms in total. The van der Waals surface area contributed by atoms with E-state index >= 15 is 0 Å². The quantitative estimate of drug-likeness (QED) is 0.865. The molecule has 2 aromatic rings. The van der Waals surface area contributed by atoms with Crippen LogP contribution in [0.1, 0.15) is 13.3 Å². The molecule has 0 saturated carbocycles. The Morgan fingerprint density at radius 1 is 1.50 bits per heavy atom. The predicted molar refractivity (Wildman–Crippen MR) is 74.3 cm³/mol. The van der Waals surface area contributed by atoms with Gasteiger partial charge in [0.25, 0.3) is 0 Å². The number of hydrogen-bond acceptors (Lipinski definition) is 3. The minimum Gasteiger partial charge on any atom is -0.481 e. The van der Waals surface area contributed by atoms with Crippen LogP contribution in [0.2, 0.25) is 5.02 Å². The molecule has 0 spiro atoms. The van der Waals surface area contributed by atoms with E-state index < -0.39 is 5.97 Å². The van der Waals surface area contributed by atoms with Gasteiger partial charge < -0.3 is 5.11 Å². The molecule has 0 fully saturated rings. The molecule has 0 aliphatic heterocycles. The lowest BCUT2D eigenvalue weighted by atomic mass is 10.2. The summed E-state index contributed by atoms with van der Waals surface area (Å²) in [4.78, 5) is 16.0. The van der Waals surface area contributed by atoms with E-state index in [1.54, 1.807) is 18.0 Å². The zero-order valence-electron chi connectivity index (χ0n) is 9.76. The van der Waals surface area contributed by atoms with E-state index in [0.717, 1.165) is 15.8 Å². The summed E-state index contributed by atoms with van der Waals surface area (Å²) in [6, 6.07) is 7.44. The number of carbonyl (C=O) groups is 1. The van der Waals surface area contributed by atoms with Crippen molar-refractivity contribution in [3.63, 3.8) is 0 Å². The van der Waals surface area contributed by atoms with Crippen molar-refractivity contribution in [2.75, 3.05) is 0 Å². The Morgan fingerprint density at radius 2 is 2.28 bits per heavy atom. The number of aliphatic carboxylic acids is 1. The lowest BCUT2D eigenvalue weighted by Crippen LogP contribution is -2.05. The van der Waals surface area contributed by atoms with Gasteiger partial charge in [0.1, 0.15) is 0 Å². The molecule has 18 heavy (non-hydrogen) atoms. The van der Waals surface area contributed by atoms with Gasteiger partial charge >= 0.3 is 5.97 Å². The van der Waals surface area contributed by atoms with Gasteiger partial charge in [0.05, 0.1) is 11.9 Å². The Kier molecular flexibility index (Phi) is 4.09. The Bertz CT molecular complexity index is 588. The summed E-state index contributed by atoms with van der Waals surface area (Å²) in [6.07, 6.45) is 1.86. The molecule has 0 saturated heterocycles. The van der Waals surface area contributed by atoms with Crippen molar-refractivity contribution in [2.45, 2.75) is 23.5 Å². The van der Waals surface area contributed by atoms with Crippen molar-refractivity contribution in [3.8, 4) is 0 Å². The van der Waals surface area contributed by atoms with Crippen LogP contribution in [0.25, 0.3) is 10.9 Å². The summed E-state index contributed by atoms with van der Waals surface area (Å²) in [5.74, 6) is -0.781. The maximum atomic E-state index is 10.7. The number of halogens is 1. The molecule has 1 heterocycles. The average molecular weight is 282 g/mol. The highest BCUT2D eigenvalue weighted by molar-refractivity contribution is 8.00. The van der Waals surface area contributed by atoms with Crippen molar-refractivity contribution >= 4 is 40.2 Å². The molecular weight excluding hydrogens is 270 g/mol. The predicted octanol–water partition coefficient (Wildman–Crippen LogP) is 3.84. The number of carboxylic acid groups (broad SMARTS) is 1. The van der Waals surface area contributed by atoms with Gasteiger partial charge in [-0.2, -0.15) is 0 Å². The monoisotopic (exact) mass is 281 g/mol. The summed E-state index contributed by atoms with van der Waals surface area (Å²) >= 11 is 7.46. The van der Waals surface area contributed by atoms with Crippen molar-refractivity contribution in [3.05, 3.63) is 35.5 Å². The largest absolute Gasteiger partial charge is 0.481 e. The van der Waals surface area contributed by atoms with Crippen LogP contribution in [0.4, 0.5) is 0 Å². The SMILES string of the molecule is CC(CC(=O)O)Sc1ccnc2cc(Cl)ccc12. The van der Waals surface area contributed by atoms with E-state index in [-0.39, 0.29) is 11.7 Å². The van der Waals surface area contributed by atoms with Gasteiger partial charge in [-0.25, -0.2) is 0 Å². The molecule has 94 valence electrons. The van der Waals surface area contributed by atoms with E-state index in [1.807, 2.05) is 31.2 Å². The van der Waals surface area contributed by atoms with Crippen LogP contribution in [-0.4, -0.2) is 21.3 Å². The van der Waals surface area contributed by atoms with Crippen molar-refractivity contribution < 1.29 is 9.90 Å². The number of pyridine rings is 1. The minimum atomic E-state index is -0.781. The van der Waals surface area contributed by atoms with Crippen LogP contribution in [0.15, 0.2) is 35.4 Å². The van der Waals surface area contributed by atoms with E-state index in [1.165, 1.54) is 0 Å². The highest BCUT2D eigenvalue weighted by atomic mass is 35.5. The molecule has 1 atom stereocenters. The van der Waals surface area contributed by atoms with Gasteiger partial charge in [0.15, 0.2) is 0 Å². The molecule has 0 bridgehead atoms. The van der Waals surface area contributed by atoms with Gasteiger partial charge in [0, 0.05) is 26.8 Å². The number of nitrogens with zero attached hydrogens (tertiary/aromatic N) is 1. The second kappa shape index (κ2) is 5.59. The number of thioether (sulfide) groups is 1. The van der Waals surface area contributed by atoms with E-state index in [9.17, 15) is 4.79 Å². The smallest absolute Gasteiger partial charge is 0.304 e. The third-order valence-corrected chi connectivity index (χ3v) is 3.87. The zero-order chi connectivity index (χ0) is 13.1. The van der Waals surface area contributed by atoms with E-state index in [4.69, 9.17) is 16.7 Å². The molecule has 0 aliphatic carbocycles. The summed E-state index contributed by atoms with van der Waals surface area (Å²) in [5, 5.41) is 10.4. The number of aromatic nitrogens is 1. The first kappa shape index (κ1) is 13.2. The fourth-order valence-corrected chi connectivity index (χ4v) is 2.97. The van der Waals surface area contributed by atoms with Crippen molar-refractivity contribution in [1.29, 1.82) is 0 Å². The molecule has 1 unspecified atom stereocenters. The van der Waals surface area contributed by atoms with Gasteiger partial charge in [-0.15, -0.1) is 11.8 Å². The Labute approximate surface area is 114 Å². The first-order chi connectivity index (χ1) is 8.56. The van der Waals surface area contributed by atoms with Crippen LogP contribution in [0.5, 0.6) is 0 Å². The van der Waals surface area contributed by atoms with Crippen LogP contribution in [-0.2, 0) is 4.79 Å². The molecule has 1 N–H and O–H groups in total. The summed E-state index contributed by atoms with van der Waals surface area (Å²) in [5.41, 5.74) is 0.829. The van der Waals surface area contributed by atoms with Gasteiger partial charge in [-0.05, 0) is 18.2 Å². The Hall–Kier alpha value is -1.26. The number of benzene rings is 1. The van der Waals surface area contributed by atoms with Crippen molar-refractivity contribution in [2.24, 2.45) is 0 Å². The van der Waals surface area contributed by atoms with Gasteiger partial charge in [0.2, 0.25) is 0 Å². The van der Waals surface area contributed by atoms with Gasteiger partial charge in [-0.3, -0.25) is 9.78 Å². The molecule has 0 amide bonds. The first-order valence-electron chi connectivity index (χ1n) is 5.49. The molecule has 5 heteroatoms. The third-order valence-electron chi connectivity index (χ3n) is 2.45. The Balaban J connectivity index is 2.30. The second-order valence-corrected chi connectivity index (χ2v) is 5.91.